The van der Waals surface area contributed by atoms with Crippen LogP contribution in [0.3, 0.4) is 0 Å². The second-order valence-electron chi connectivity index (χ2n) is 4.30. The molecule has 0 spiro atoms. The second-order valence-corrected chi connectivity index (χ2v) is 4.74. The highest BCUT2D eigenvalue weighted by atomic mass is 35.5. The fourth-order valence-electron chi connectivity index (χ4n) is 2.21. The Morgan fingerprint density at radius 2 is 2.00 bits per heavy atom. The minimum absolute atomic E-state index is 0.0211. The number of carbonyl (C=O) groups excluding carboxylic acids is 1. The quantitative estimate of drug-likeness (QED) is 0.715. The summed E-state index contributed by atoms with van der Waals surface area (Å²) < 4.78 is 5.06. The Balaban J connectivity index is 2.94. The summed E-state index contributed by atoms with van der Waals surface area (Å²) in [4.78, 5) is 14.0. The molecule has 19 heavy (non-hydrogen) atoms. The lowest BCUT2D eigenvalue weighted by Crippen LogP contribution is -2.30. The highest BCUT2D eigenvalue weighted by molar-refractivity contribution is 6.30. The first-order valence-corrected chi connectivity index (χ1v) is 7.15. The van der Waals surface area contributed by atoms with E-state index in [0.717, 1.165) is 18.7 Å². The van der Waals surface area contributed by atoms with Crippen molar-refractivity contribution in [3.63, 3.8) is 0 Å². The van der Waals surface area contributed by atoms with Crippen LogP contribution in [0.1, 0.15) is 38.8 Å². The van der Waals surface area contributed by atoms with Gasteiger partial charge in [0, 0.05) is 11.1 Å². The fourth-order valence-corrected chi connectivity index (χ4v) is 2.41. The molecule has 106 valence electrons. The molecule has 0 saturated carbocycles. The smallest absolute Gasteiger partial charge is 0.307 e. The minimum Gasteiger partial charge on any atom is -0.466 e. The zero-order chi connectivity index (χ0) is 14.3. The Labute approximate surface area is 120 Å². The number of esters is 1. The molecule has 1 rings (SSSR count). The summed E-state index contributed by atoms with van der Waals surface area (Å²) >= 11 is 6.04. The van der Waals surface area contributed by atoms with E-state index in [1.54, 1.807) is 0 Å². The van der Waals surface area contributed by atoms with Crippen LogP contribution in [0.5, 0.6) is 0 Å². The molecule has 0 amide bonds. The molecule has 0 N–H and O–H groups in total. The van der Waals surface area contributed by atoms with Crippen molar-refractivity contribution in [2.45, 2.75) is 33.2 Å². The SMILES string of the molecule is CCOC(=O)C[C@H](c1cccc(Cl)c1)N(CC)CC. The van der Waals surface area contributed by atoms with Crippen molar-refractivity contribution < 1.29 is 9.53 Å². The zero-order valence-corrected chi connectivity index (χ0v) is 12.6. The standard InChI is InChI=1S/C15H22ClNO2/c1-4-17(5-2)14(11-15(18)19-6-3)12-8-7-9-13(16)10-12/h7-10,14H,4-6,11H2,1-3H3/t14-/m1/s1. The van der Waals surface area contributed by atoms with Gasteiger partial charge >= 0.3 is 5.97 Å². The van der Waals surface area contributed by atoms with Crippen LogP contribution in [0.15, 0.2) is 24.3 Å². The predicted molar refractivity (Wildman–Crippen MR) is 78.4 cm³/mol. The van der Waals surface area contributed by atoms with Gasteiger partial charge in [0.05, 0.1) is 13.0 Å². The van der Waals surface area contributed by atoms with Crippen molar-refractivity contribution in [3.05, 3.63) is 34.9 Å². The molecule has 0 bridgehead atoms. The number of hydrogen-bond acceptors (Lipinski definition) is 3. The van der Waals surface area contributed by atoms with E-state index in [1.807, 2.05) is 31.2 Å². The molecule has 0 aliphatic heterocycles. The van der Waals surface area contributed by atoms with E-state index in [1.165, 1.54) is 0 Å². The van der Waals surface area contributed by atoms with Gasteiger partial charge in [-0.25, -0.2) is 0 Å². The molecule has 1 aromatic rings. The third kappa shape index (κ3) is 4.84. The molecule has 0 fully saturated rings. The van der Waals surface area contributed by atoms with Crippen LogP contribution in [0.2, 0.25) is 5.02 Å². The Kier molecular flexibility index (Phi) is 6.89. The maximum Gasteiger partial charge on any atom is 0.307 e. The van der Waals surface area contributed by atoms with E-state index in [4.69, 9.17) is 16.3 Å². The Hall–Kier alpha value is -1.06. The van der Waals surface area contributed by atoms with Gasteiger partial charge < -0.3 is 4.74 Å². The number of ether oxygens (including phenoxy) is 1. The number of benzene rings is 1. The minimum atomic E-state index is -0.167. The first-order chi connectivity index (χ1) is 9.12. The van der Waals surface area contributed by atoms with Crippen molar-refractivity contribution in [1.29, 1.82) is 0 Å². The van der Waals surface area contributed by atoms with Gasteiger partial charge in [-0.3, -0.25) is 9.69 Å². The van der Waals surface area contributed by atoms with Crippen molar-refractivity contribution in [1.82, 2.24) is 4.90 Å². The molecule has 0 heterocycles. The first kappa shape index (κ1) is 16.0. The van der Waals surface area contributed by atoms with Crippen LogP contribution < -0.4 is 0 Å². The van der Waals surface area contributed by atoms with E-state index in [-0.39, 0.29) is 12.0 Å². The summed E-state index contributed by atoms with van der Waals surface area (Å²) in [6, 6.07) is 7.71. The zero-order valence-electron chi connectivity index (χ0n) is 11.9. The van der Waals surface area contributed by atoms with Crippen LogP contribution >= 0.6 is 11.6 Å². The molecule has 3 nitrogen and oxygen atoms in total. The van der Waals surface area contributed by atoms with Crippen LogP contribution in [-0.4, -0.2) is 30.6 Å². The van der Waals surface area contributed by atoms with Gasteiger partial charge in [0.1, 0.15) is 0 Å². The molecule has 1 aromatic carbocycles. The van der Waals surface area contributed by atoms with Gasteiger partial charge in [-0.05, 0) is 37.7 Å². The maximum atomic E-state index is 11.8. The molecular formula is C15H22ClNO2. The average Bonchev–Trinajstić information content (AvgIpc) is 2.39. The molecule has 0 aliphatic rings. The van der Waals surface area contributed by atoms with E-state index in [9.17, 15) is 4.79 Å². The van der Waals surface area contributed by atoms with Crippen molar-refractivity contribution in [2.75, 3.05) is 19.7 Å². The monoisotopic (exact) mass is 283 g/mol. The number of nitrogens with zero attached hydrogens (tertiary/aromatic N) is 1. The van der Waals surface area contributed by atoms with Crippen LogP contribution in [0.25, 0.3) is 0 Å². The predicted octanol–water partition coefficient (Wildman–Crippen LogP) is 3.68. The molecule has 0 radical (unpaired) electrons. The number of halogens is 1. The maximum absolute atomic E-state index is 11.8. The average molecular weight is 284 g/mol. The van der Waals surface area contributed by atoms with Crippen LogP contribution in [-0.2, 0) is 9.53 Å². The van der Waals surface area contributed by atoms with Crippen molar-refractivity contribution >= 4 is 17.6 Å². The fraction of sp³-hybridized carbons (Fsp3) is 0.533. The topological polar surface area (TPSA) is 29.5 Å². The second kappa shape index (κ2) is 8.18. The molecule has 1 atom stereocenters. The molecule has 0 aliphatic carbocycles. The van der Waals surface area contributed by atoms with Gasteiger partial charge in [0.25, 0.3) is 0 Å². The summed E-state index contributed by atoms with van der Waals surface area (Å²) in [5.74, 6) is -0.167. The number of hydrogen-bond donors (Lipinski definition) is 0. The normalized spacial score (nSPS) is 12.5. The summed E-state index contributed by atoms with van der Waals surface area (Å²) in [5.41, 5.74) is 1.06. The molecule has 0 saturated heterocycles. The number of carbonyl (C=O) groups is 1. The molecule has 4 heteroatoms. The third-order valence-corrected chi connectivity index (χ3v) is 3.39. The van der Waals surface area contributed by atoms with E-state index in [2.05, 4.69) is 18.7 Å². The van der Waals surface area contributed by atoms with E-state index in [0.29, 0.717) is 18.1 Å². The lowest BCUT2D eigenvalue weighted by Gasteiger charge is -2.29. The van der Waals surface area contributed by atoms with Gasteiger partial charge in [0.2, 0.25) is 0 Å². The summed E-state index contributed by atoms with van der Waals surface area (Å²) in [5, 5.41) is 0.693. The Morgan fingerprint density at radius 3 is 2.53 bits per heavy atom. The molecule has 0 aromatic heterocycles. The van der Waals surface area contributed by atoms with Crippen molar-refractivity contribution in [3.8, 4) is 0 Å². The number of rotatable bonds is 7. The van der Waals surface area contributed by atoms with Crippen molar-refractivity contribution in [2.24, 2.45) is 0 Å². The van der Waals surface area contributed by atoms with Gasteiger partial charge in [0.15, 0.2) is 0 Å². The highest BCUT2D eigenvalue weighted by Gasteiger charge is 2.22. The van der Waals surface area contributed by atoms with Gasteiger partial charge in [-0.1, -0.05) is 37.6 Å². The summed E-state index contributed by atoms with van der Waals surface area (Å²) in [6.45, 7) is 8.18. The molecule has 0 unspecified atom stereocenters. The van der Waals surface area contributed by atoms with Crippen LogP contribution in [0, 0.1) is 0 Å². The van der Waals surface area contributed by atoms with Gasteiger partial charge in [-0.2, -0.15) is 0 Å². The summed E-state index contributed by atoms with van der Waals surface area (Å²) in [7, 11) is 0. The first-order valence-electron chi connectivity index (χ1n) is 6.77. The Bertz CT molecular complexity index is 405. The van der Waals surface area contributed by atoms with E-state index >= 15 is 0 Å². The van der Waals surface area contributed by atoms with E-state index < -0.39 is 0 Å². The third-order valence-electron chi connectivity index (χ3n) is 3.15. The summed E-state index contributed by atoms with van der Waals surface area (Å²) in [6.07, 6.45) is 0.357. The molecular weight excluding hydrogens is 262 g/mol. The van der Waals surface area contributed by atoms with Gasteiger partial charge in [-0.15, -0.1) is 0 Å². The van der Waals surface area contributed by atoms with Crippen LogP contribution in [0.4, 0.5) is 0 Å². The largest absolute Gasteiger partial charge is 0.466 e. The highest BCUT2D eigenvalue weighted by Crippen LogP contribution is 2.26. The Morgan fingerprint density at radius 1 is 1.32 bits per heavy atom. The lowest BCUT2D eigenvalue weighted by atomic mass is 10.0. The lowest BCUT2D eigenvalue weighted by molar-refractivity contribution is -0.144.